The van der Waals surface area contributed by atoms with Crippen molar-refractivity contribution in [2.75, 3.05) is 13.3 Å². The molecule has 0 bridgehead atoms. The van der Waals surface area contributed by atoms with Crippen LogP contribution >= 0.6 is 11.6 Å². The summed E-state index contributed by atoms with van der Waals surface area (Å²) in [7, 11) is 0. The second kappa shape index (κ2) is 7.37. The first kappa shape index (κ1) is 18.1. The van der Waals surface area contributed by atoms with Gasteiger partial charge in [-0.25, -0.2) is 4.79 Å². The highest BCUT2D eigenvalue weighted by Gasteiger charge is 2.26. The third kappa shape index (κ3) is 3.47. The van der Waals surface area contributed by atoms with E-state index < -0.39 is 0 Å². The highest BCUT2D eigenvalue weighted by Crippen LogP contribution is 2.39. The van der Waals surface area contributed by atoms with Crippen LogP contribution in [0.2, 0.25) is 5.02 Å². The summed E-state index contributed by atoms with van der Waals surface area (Å²) < 4.78 is 11.5. The zero-order valence-electron chi connectivity index (χ0n) is 15.5. The summed E-state index contributed by atoms with van der Waals surface area (Å²) >= 11 is 6.48. The summed E-state index contributed by atoms with van der Waals surface area (Å²) in [6, 6.07) is 13.8. The summed E-state index contributed by atoms with van der Waals surface area (Å²) in [6.07, 6.45) is 0.743. The molecule has 2 aromatic carbocycles. The van der Waals surface area contributed by atoms with Gasteiger partial charge >= 0.3 is 5.63 Å². The topological polar surface area (TPSA) is 42.7 Å². The molecule has 0 amide bonds. The van der Waals surface area contributed by atoms with Gasteiger partial charge in [-0.2, -0.15) is 0 Å². The van der Waals surface area contributed by atoms with Gasteiger partial charge in [-0.1, -0.05) is 55.8 Å². The first-order valence-electron chi connectivity index (χ1n) is 9.25. The number of benzene rings is 2. The van der Waals surface area contributed by atoms with E-state index in [0.717, 1.165) is 29.5 Å². The van der Waals surface area contributed by atoms with Crippen molar-refractivity contribution < 1.29 is 9.15 Å². The van der Waals surface area contributed by atoms with E-state index in [9.17, 15) is 4.79 Å². The normalized spacial score (nSPS) is 15.4. The lowest BCUT2D eigenvalue weighted by Gasteiger charge is -2.31. The predicted octanol–water partition coefficient (Wildman–Crippen LogP) is 4.96. The molecule has 3 aromatic rings. The number of fused-ring (bicyclic) bond motifs is 3. The molecule has 0 fully saturated rings. The maximum absolute atomic E-state index is 12.0. The number of ether oxygens (including phenoxy) is 1. The fourth-order valence-corrected chi connectivity index (χ4v) is 4.06. The molecule has 2 heterocycles. The highest BCUT2D eigenvalue weighted by molar-refractivity contribution is 6.33. The molecule has 0 radical (unpaired) electrons. The minimum absolute atomic E-state index is 0.335. The summed E-state index contributed by atoms with van der Waals surface area (Å²) in [4.78, 5) is 14.2. The Morgan fingerprint density at radius 1 is 1.22 bits per heavy atom. The molecule has 1 aliphatic heterocycles. The van der Waals surface area contributed by atoms with Crippen molar-refractivity contribution in [1.82, 2.24) is 4.90 Å². The molecule has 0 N–H and O–H groups in total. The Bertz CT molecular complexity index is 1030. The molecule has 1 aliphatic rings. The van der Waals surface area contributed by atoms with E-state index in [0.29, 0.717) is 35.5 Å². The van der Waals surface area contributed by atoms with Crippen LogP contribution in [-0.4, -0.2) is 18.2 Å². The number of hydrogen-bond acceptors (Lipinski definition) is 4. The van der Waals surface area contributed by atoms with E-state index in [-0.39, 0.29) is 5.63 Å². The molecule has 4 nitrogen and oxygen atoms in total. The van der Waals surface area contributed by atoms with E-state index in [1.54, 1.807) is 6.07 Å². The number of aryl methyl sites for hydroxylation is 1. The fourth-order valence-electron chi connectivity index (χ4n) is 3.78. The van der Waals surface area contributed by atoms with Gasteiger partial charge in [0, 0.05) is 24.5 Å². The first-order chi connectivity index (χ1) is 13.1. The summed E-state index contributed by atoms with van der Waals surface area (Å²) in [5.74, 6) is 0.990. The standard InChI is InChI=1S/C22H22ClNO3/c1-3-15-9-20(25)27-21-17(15)10-19(23)22-18(21)12-24(13-26-22)11-14(2)16-7-5-4-6-8-16/h4-10,14H,3,11-13H2,1-2H3. The fraction of sp³-hybridized carbons (Fsp3) is 0.318. The largest absolute Gasteiger partial charge is 0.476 e. The van der Waals surface area contributed by atoms with Crippen LogP contribution in [0.4, 0.5) is 0 Å². The molecule has 5 heteroatoms. The van der Waals surface area contributed by atoms with Crippen LogP contribution in [0.1, 0.15) is 36.5 Å². The van der Waals surface area contributed by atoms with Crippen molar-refractivity contribution in [3.63, 3.8) is 0 Å². The summed E-state index contributed by atoms with van der Waals surface area (Å²) in [5, 5.41) is 1.46. The molecular weight excluding hydrogens is 362 g/mol. The van der Waals surface area contributed by atoms with Crippen molar-refractivity contribution in [3.05, 3.63) is 74.6 Å². The van der Waals surface area contributed by atoms with Gasteiger partial charge < -0.3 is 9.15 Å². The van der Waals surface area contributed by atoms with Gasteiger partial charge in [-0.3, -0.25) is 4.90 Å². The van der Waals surface area contributed by atoms with Crippen LogP contribution in [0.15, 0.2) is 51.7 Å². The maximum atomic E-state index is 12.0. The van der Waals surface area contributed by atoms with Gasteiger partial charge in [-0.15, -0.1) is 0 Å². The number of nitrogens with zero attached hydrogens (tertiary/aromatic N) is 1. The summed E-state index contributed by atoms with van der Waals surface area (Å²) in [5.41, 5.74) is 3.35. The number of hydrogen-bond donors (Lipinski definition) is 0. The van der Waals surface area contributed by atoms with E-state index in [2.05, 4.69) is 36.1 Å². The molecular formula is C22H22ClNO3. The Kier molecular flexibility index (Phi) is 4.94. The van der Waals surface area contributed by atoms with E-state index in [4.69, 9.17) is 20.8 Å². The second-order valence-corrected chi connectivity index (χ2v) is 7.49. The third-order valence-electron chi connectivity index (χ3n) is 5.18. The molecule has 0 aliphatic carbocycles. The molecule has 0 saturated heterocycles. The van der Waals surface area contributed by atoms with Gasteiger partial charge in [0.05, 0.1) is 10.6 Å². The van der Waals surface area contributed by atoms with Gasteiger partial charge in [0.1, 0.15) is 18.1 Å². The Morgan fingerprint density at radius 2 is 2.00 bits per heavy atom. The zero-order valence-corrected chi connectivity index (χ0v) is 16.3. The Hall–Kier alpha value is -2.30. The quantitative estimate of drug-likeness (QED) is 0.597. The molecule has 0 spiro atoms. The Morgan fingerprint density at radius 3 is 2.74 bits per heavy atom. The lowest BCUT2D eigenvalue weighted by Crippen LogP contribution is -2.35. The first-order valence-corrected chi connectivity index (χ1v) is 9.62. The van der Waals surface area contributed by atoms with E-state index in [1.165, 1.54) is 5.56 Å². The average molecular weight is 384 g/mol. The monoisotopic (exact) mass is 383 g/mol. The highest BCUT2D eigenvalue weighted by atomic mass is 35.5. The van der Waals surface area contributed by atoms with Crippen LogP contribution in [0.5, 0.6) is 5.75 Å². The van der Waals surface area contributed by atoms with Crippen LogP contribution < -0.4 is 10.4 Å². The lowest BCUT2D eigenvalue weighted by atomic mass is 9.99. The number of rotatable bonds is 4. The second-order valence-electron chi connectivity index (χ2n) is 7.08. The Balaban J connectivity index is 1.70. The molecule has 1 unspecified atom stereocenters. The van der Waals surface area contributed by atoms with Crippen molar-refractivity contribution >= 4 is 22.6 Å². The molecule has 1 aromatic heterocycles. The predicted molar refractivity (Wildman–Crippen MR) is 108 cm³/mol. The van der Waals surface area contributed by atoms with Crippen molar-refractivity contribution in [1.29, 1.82) is 0 Å². The SMILES string of the molecule is CCc1cc(=O)oc2c3c(c(Cl)cc12)OCN(CC(C)c1ccccc1)C3. The molecule has 1 atom stereocenters. The van der Waals surface area contributed by atoms with E-state index in [1.807, 2.05) is 19.1 Å². The van der Waals surface area contributed by atoms with Crippen molar-refractivity contribution in [2.45, 2.75) is 32.7 Å². The van der Waals surface area contributed by atoms with Gasteiger partial charge in [0.25, 0.3) is 0 Å². The molecule has 27 heavy (non-hydrogen) atoms. The number of halogens is 1. The molecule has 0 saturated carbocycles. The van der Waals surface area contributed by atoms with Crippen molar-refractivity contribution in [3.8, 4) is 5.75 Å². The van der Waals surface area contributed by atoms with Crippen molar-refractivity contribution in [2.24, 2.45) is 0 Å². The minimum Gasteiger partial charge on any atom is -0.476 e. The smallest absolute Gasteiger partial charge is 0.336 e. The molecule has 140 valence electrons. The van der Waals surface area contributed by atoms with Crippen LogP contribution in [0, 0.1) is 0 Å². The van der Waals surface area contributed by atoms with Crippen LogP contribution in [0.25, 0.3) is 11.0 Å². The van der Waals surface area contributed by atoms with Gasteiger partial charge in [-0.05, 0) is 29.5 Å². The van der Waals surface area contributed by atoms with Crippen LogP contribution in [-0.2, 0) is 13.0 Å². The Labute approximate surface area is 163 Å². The van der Waals surface area contributed by atoms with Crippen LogP contribution in [0.3, 0.4) is 0 Å². The summed E-state index contributed by atoms with van der Waals surface area (Å²) in [6.45, 7) is 6.17. The van der Waals surface area contributed by atoms with Gasteiger partial charge in [0.2, 0.25) is 0 Å². The van der Waals surface area contributed by atoms with Gasteiger partial charge in [0.15, 0.2) is 0 Å². The zero-order chi connectivity index (χ0) is 19.0. The minimum atomic E-state index is -0.335. The van der Waals surface area contributed by atoms with E-state index >= 15 is 0 Å². The molecule has 4 rings (SSSR count). The average Bonchev–Trinajstić information content (AvgIpc) is 2.69. The third-order valence-corrected chi connectivity index (χ3v) is 5.46. The maximum Gasteiger partial charge on any atom is 0.336 e. The lowest BCUT2D eigenvalue weighted by molar-refractivity contribution is 0.0910.